The number of rotatable bonds is 2. The highest BCUT2D eigenvalue weighted by Gasteiger charge is 2.37. The van der Waals surface area contributed by atoms with Gasteiger partial charge in [0.2, 0.25) is 0 Å². The summed E-state index contributed by atoms with van der Waals surface area (Å²) in [7, 11) is 0. The van der Waals surface area contributed by atoms with Crippen LogP contribution in [-0.4, -0.2) is 18.2 Å². The van der Waals surface area contributed by atoms with E-state index in [0.717, 1.165) is 11.6 Å². The molecule has 1 aliphatic heterocycles. The summed E-state index contributed by atoms with van der Waals surface area (Å²) < 4.78 is 13.2. The van der Waals surface area contributed by atoms with E-state index in [-0.39, 0.29) is 17.1 Å². The Morgan fingerprint density at radius 3 is 2.72 bits per heavy atom. The van der Waals surface area contributed by atoms with Crippen LogP contribution in [0.4, 0.5) is 10.1 Å². The lowest BCUT2D eigenvalue weighted by atomic mass is 10.1. The maximum Gasteiger partial charge on any atom is 0.299 e. The highest BCUT2D eigenvalue weighted by molar-refractivity contribution is 6.52. The molecule has 0 atom stereocenters. The fraction of sp³-hybridized carbons (Fsp3) is 0.167. The van der Waals surface area contributed by atoms with E-state index in [0.29, 0.717) is 11.3 Å². The molecule has 0 saturated heterocycles. The van der Waals surface area contributed by atoms with Crippen LogP contribution in [0.25, 0.3) is 0 Å². The molecular formula is C12H8Cl2FNO2. The molecule has 0 unspecified atom stereocenters. The third kappa shape index (κ3) is 2.02. The van der Waals surface area contributed by atoms with Gasteiger partial charge in [-0.3, -0.25) is 14.5 Å². The lowest BCUT2D eigenvalue weighted by Crippen LogP contribution is -2.31. The molecule has 3 nitrogen and oxygen atoms in total. The standard InChI is InChI=1S/C12H8Cl2FNO2/c1-6-2-8(15)3-9-10(6)16(5-7(14)4-13)12(18)11(9)17/h2-4H,5H2,1H3/b7-4-. The predicted molar refractivity (Wildman–Crippen MR) is 67.6 cm³/mol. The second-order valence-electron chi connectivity index (χ2n) is 3.90. The van der Waals surface area contributed by atoms with Gasteiger partial charge in [0.15, 0.2) is 0 Å². The molecule has 0 aliphatic carbocycles. The zero-order chi connectivity index (χ0) is 13.4. The largest absolute Gasteiger partial charge is 0.299 e. The van der Waals surface area contributed by atoms with Gasteiger partial charge in [0.05, 0.1) is 17.8 Å². The topological polar surface area (TPSA) is 37.4 Å². The molecule has 0 aromatic heterocycles. The third-order valence-electron chi connectivity index (χ3n) is 2.65. The molecule has 2 rings (SSSR count). The number of carbonyl (C=O) groups is 2. The molecule has 6 heteroatoms. The zero-order valence-corrected chi connectivity index (χ0v) is 10.8. The summed E-state index contributed by atoms with van der Waals surface area (Å²) in [6.45, 7) is 1.62. The van der Waals surface area contributed by atoms with E-state index < -0.39 is 17.5 Å². The van der Waals surface area contributed by atoms with E-state index in [1.165, 1.54) is 11.0 Å². The maximum absolute atomic E-state index is 13.2. The highest BCUT2D eigenvalue weighted by Crippen LogP contribution is 2.34. The summed E-state index contributed by atoms with van der Waals surface area (Å²) in [5, 5.41) is 0.217. The normalized spacial score (nSPS) is 15.3. The van der Waals surface area contributed by atoms with Crippen molar-refractivity contribution in [3.05, 3.63) is 39.6 Å². The van der Waals surface area contributed by atoms with E-state index in [1.54, 1.807) is 6.92 Å². The number of benzene rings is 1. The van der Waals surface area contributed by atoms with E-state index in [4.69, 9.17) is 23.2 Å². The van der Waals surface area contributed by atoms with Crippen molar-refractivity contribution in [1.82, 2.24) is 0 Å². The van der Waals surface area contributed by atoms with Gasteiger partial charge in [-0.15, -0.1) is 0 Å². The van der Waals surface area contributed by atoms with Crippen molar-refractivity contribution >= 4 is 40.6 Å². The Bertz CT molecular complexity index is 584. The molecule has 0 N–H and O–H groups in total. The first-order chi connectivity index (χ1) is 8.45. The average molecular weight is 288 g/mol. The number of hydrogen-bond acceptors (Lipinski definition) is 2. The van der Waals surface area contributed by atoms with Crippen molar-refractivity contribution in [2.24, 2.45) is 0 Å². The monoisotopic (exact) mass is 287 g/mol. The van der Waals surface area contributed by atoms with Crippen molar-refractivity contribution < 1.29 is 14.0 Å². The number of amides is 1. The van der Waals surface area contributed by atoms with Crippen molar-refractivity contribution in [3.63, 3.8) is 0 Å². The van der Waals surface area contributed by atoms with Crippen LogP contribution < -0.4 is 4.90 Å². The van der Waals surface area contributed by atoms with Crippen LogP contribution >= 0.6 is 23.2 Å². The minimum atomic E-state index is -0.730. The number of hydrogen-bond donors (Lipinski definition) is 0. The Morgan fingerprint density at radius 2 is 2.11 bits per heavy atom. The Hall–Kier alpha value is -1.39. The molecule has 1 aliphatic rings. The van der Waals surface area contributed by atoms with Crippen molar-refractivity contribution in [2.45, 2.75) is 6.92 Å². The summed E-state index contributed by atoms with van der Waals surface area (Å²) in [6, 6.07) is 2.32. The van der Waals surface area contributed by atoms with Crippen LogP contribution in [0.3, 0.4) is 0 Å². The van der Waals surface area contributed by atoms with Crippen LogP contribution in [0.5, 0.6) is 0 Å². The van der Waals surface area contributed by atoms with Crippen LogP contribution in [0.2, 0.25) is 0 Å². The Kier molecular flexibility index (Phi) is 3.41. The van der Waals surface area contributed by atoms with E-state index in [1.807, 2.05) is 0 Å². The summed E-state index contributed by atoms with van der Waals surface area (Å²) in [4.78, 5) is 24.7. The Morgan fingerprint density at radius 1 is 1.44 bits per heavy atom. The fourth-order valence-corrected chi connectivity index (χ4v) is 2.13. The number of carbonyl (C=O) groups excluding carboxylic acids is 2. The number of nitrogens with zero attached hydrogens (tertiary/aromatic N) is 1. The lowest BCUT2D eigenvalue weighted by Gasteiger charge is -2.17. The third-order valence-corrected chi connectivity index (χ3v) is 3.25. The van der Waals surface area contributed by atoms with Crippen LogP contribution in [0.15, 0.2) is 22.7 Å². The van der Waals surface area contributed by atoms with Crippen molar-refractivity contribution in [1.29, 1.82) is 0 Å². The lowest BCUT2D eigenvalue weighted by molar-refractivity contribution is -0.114. The SMILES string of the molecule is Cc1cc(F)cc2c1N(C/C(Cl)=C/Cl)C(=O)C2=O. The zero-order valence-electron chi connectivity index (χ0n) is 9.34. The van der Waals surface area contributed by atoms with E-state index in [2.05, 4.69) is 0 Å². The van der Waals surface area contributed by atoms with Crippen LogP contribution in [-0.2, 0) is 4.79 Å². The van der Waals surface area contributed by atoms with Gasteiger partial charge in [-0.1, -0.05) is 23.2 Å². The quantitative estimate of drug-likeness (QED) is 0.784. The van der Waals surface area contributed by atoms with Crippen LogP contribution in [0, 0.1) is 12.7 Å². The number of Topliss-reactive ketones (excluding diaryl/α,β-unsaturated/α-hetero) is 1. The molecule has 0 fully saturated rings. The Labute approximate surface area is 113 Å². The summed E-state index contributed by atoms with van der Waals surface area (Å²) >= 11 is 11.2. The molecule has 94 valence electrons. The van der Waals surface area contributed by atoms with Gasteiger partial charge < -0.3 is 0 Å². The molecule has 0 radical (unpaired) electrons. The maximum atomic E-state index is 13.2. The first kappa shape index (κ1) is 13.1. The number of ketones is 1. The fourth-order valence-electron chi connectivity index (χ4n) is 1.94. The van der Waals surface area contributed by atoms with Gasteiger partial charge in [-0.05, 0) is 24.6 Å². The van der Waals surface area contributed by atoms with Gasteiger partial charge in [0.1, 0.15) is 5.82 Å². The molecule has 0 bridgehead atoms. The van der Waals surface area contributed by atoms with Gasteiger partial charge >= 0.3 is 0 Å². The first-order valence-corrected chi connectivity index (χ1v) is 5.88. The number of halogens is 3. The molecule has 1 amide bonds. The van der Waals surface area contributed by atoms with Gasteiger partial charge in [-0.25, -0.2) is 4.39 Å². The molecular weight excluding hydrogens is 280 g/mol. The summed E-state index contributed by atoms with van der Waals surface area (Å²) in [5.74, 6) is -2.00. The highest BCUT2D eigenvalue weighted by atomic mass is 35.5. The minimum Gasteiger partial charge on any atom is -0.299 e. The van der Waals surface area contributed by atoms with E-state index in [9.17, 15) is 14.0 Å². The summed E-state index contributed by atoms with van der Waals surface area (Å²) in [6.07, 6.45) is 0. The molecule has 1 heterocycles. The molecule has 0 spiro atoms. The number of anilines is 1. The average Bonchev–Trinajstić information content (AvgIpc) is 2.54. The molecule has 0 saturated carbocycles. The number of fused-ring (bicyclic) bond motifs is 1. The predicted octanol–water partition coefficient (Wildman–Crippen LogP) is 2.98. The molecule has 1 aromatic carbocycles. The second-order valence-corrected chi connectivity index (χ2v) is 4.60. The minimum absolute atomic E-state index is 0.00486. The van der Waals surface area contributed by atoms with Crippen molar-refractivity contribution in [3.8, 4) is 0 Å². The molecule has 18 heavy (non-hydrogen) atoms. The van der Waals surface area contributed by atoms with E-state index >= 15 is 0 Å². The molecule has 1 aromatic rings. The Balaban J connectivity index is 2.55. The summed E-state index contributed by atoms with van der Waals surface area (Å²) in [5.41, 5.74) is 2.08. The van der Waals surface area contributed by atoms with Gasteiger partial charge in [0, 0.05) is 10.6 Å². The van der Waals surface area contributed by atoms with Crippen molar-refractivity contribution in [2.75, 3.05) is 11.4 Å². The van der Waals surface area contributed by atoms with Crippen LogP contribution in [0.1, 0.15) is 15.9 Å². The van der Waals surface area contributed by atoms with Gasteiger partial charge in [0.25, 0.3) is 11.7 Å². The van der Waals surface area contributed by atoms with Gasteiger partial charge in [-0.2, -0.15) is 0 Å². The smallest absolute Gasteiger partial charge is 0.299 e. The number of aryl methyl sites for hydroxylation is 1. The second kappa shape index (κ2) is 4.71. The first-order valence-electron chi connectivity index (χ1n) is 5.06.